The minimum Gasteiger partial charge on any atom is -0.476 e. The van der Waals surface area contributed by atoms with Gasteiger partial charge >= 0.3 is 5.97 Å². The third kappa shape index (κ3) is 3.70. The van der Waals surface area contributed by atoms with Crippen LogP contribution in [0.15, 0.2) is 18.2 Å². The van der Waals surface area contributed by atoms with E-state index in [-0.39, 0.29) is 12.4 Å². The third-order valence-electron chi connectivity index (χ3n) is 2.38. The lowest BCUT2D eigenvalue weighted by atomic mass is 10.1. The molecule has 0 aliphatic heterocycles. The van der Waals surface area contributed by atoms with Gasteiger partial charge in [0.1, 0.15) is 0 Å². The van der Waals surface area contributed by atoms with Gasteiger partial charge in [-0.15, -0.1) is 0 Å². The summed E-state index contributed by atoms with van der Waals surface area (Å²) in [6.07, 6.45) is -0.360. The molecule has 4 nitrogen and oxygen atoms in total. The molecule has 0 aliphatic carbocycles. The number of halogens is 1. The van der Waals surface area contributed by atoms with Gasteiger partial charge in [0, 0.05) is 0 Å². The van der Waals surface area contributed by atoms with Crippen LogP contribution in [0, 0.1) is 5.82 Å². The fourth-order valence-electron chi connectivity index (χ4n) is 1.52. The van der Waals surface area contributed by atoms with Gasteiger partial charge in [0.15, 0.2) is 17.7 Å². The number of benzene rings is 1. The van der Waals surface area contributed by atoms with E-state index < -0.39 is 17.9 Å². The summed E-state index contributed by atoms with van der Waals surface area (Å²) in [5.74, 6) is -0.944. The molecule has 0 radical (unpaired) electrons. The molecule has 0 bridgehead atoms. The lowest BCUT2D eigenvalue weighted by Crippen LogP contribution is -2.27. The summed E-state index contributed by atoms with van der Waals surface area (Å²) in [6.45, 7) is 3.87. The zero-order valence-electron chi connectivity index (χ0n) is 10.6. The highest BCUT2D eigenvalue weighted by Crippen LogP contribution is 2.24. The number of carbonyl (C=O) groups is 1. The van der Waals surface area contributed by atoms with E-state index in [1.54, 1.807) is 19.1 Å². The maximum atomic E-state index is 13.7. The molecule has 0 fully saturated rings. The summed E-state index contributed by atoms with van der Waals surface area (Å²) in [4.78, 5) is 11.4. The average Bonchev–Trinajstić information content (AvgIpc) is 2.34. The van der Waals surface area contributed by atoms with Crippen LogP contribution in [0.3, 0.4) is 0 Å². The van der Waals surface area contributed by atoms with Gasteiger partial charge < -0.3 is 15.2 Å². The van der Waals surface area contributed by atoms with E-state index in [9.17, 15) is 9.18 Å². The Kier molecular flexibility index (Phi) is 5.58. The molecule has 1 aromatic carbocycles. The van der Waals surface area contributed by atoms with Crippen molar-refractivity contribution in [2.24, 2.45) is 5.73 Å². The van der Waals surface area contributed by atoms with Crippen LogP contribution < -0.4 is 10.5 Å². The Morgan fingerprint density at radius 3 is 2.83 bits per heavy atom. The maximum absolute atomic E-state index is 13.7. The molecule has 2 N–H and O–H groups in total. The molecule has 5 heteroatoms. The second-order valence-electron chi connectivity index (χ2n) is 3.78. The Morgan fingerprint density at radius 2 is 2.22 bits per heavy atom. The molecule has 1 atom stereocenters. The van der Waals surface area contributed by atoms with Crippen LogP contribution in [-0.2, 0) is 16.0 Å². The van der Waals surface area contributed by atoms with E-state index >= 15 is 0 Å². The number of esters is 1. The number of para-hydroxylation sites is 1. The molecular weight excluding hydrogens is 237 g/mol. The molecule has 100 valence electrons. The summed E-state index contributed by atoms with van der Waals surface area (Å²) in [5, 5.41) is 0. The lowest BCUT2D eigenvalue weighted by molar-refractivity contribution is -0.150. The second-order valence-corrected chi connectivity index (χ2v) is 3.78. The Labute approximate surface area is 106 Å². The number of hydrogen-bond acceptors (Lipinski definition) is 4. The van der Waals surface area contributed by atoms with E-state index in [0.717, 1.165) is 0 Å². The van der Waals surface area contributed by atoms with Crippen LogP contribution in [0.4, 0.5) is 4.39 Å². The first kappa shape index (κ1) is 14.4. The second kappa shape index (κ2) is 6.96. The third-order valence-corrected chi connectivity index (χ3v) is 2.38. The molecule has 0 saturated heterocycles. The Morgan fingerprint density at radius 1 is 1.50 bits per heavy atom. The number of hydrogen-bond donors (Lipinski definition) is 1. The molecule has 0 heterocycles. The van der Waals surface area contributed by atoms with Crippen LogP contribution in [0.1, 0.15) is 19.4 Å². The molecule has 1 rings (SSSR count). The van der Waals surface area contributed by atoms with E-state index in [1.807, 2.05) is 0 Å². The minimum absolute atomic E-state index is 0.0727. The SMILES string of the molecule is CCOC(=O)C(C)Oc1c(F)cccc1CCN. The van der Waals surface area contributed by atoms with Gasteiger partial charge in [-0.3, -0.25) is 0 Å². The predicted molar refractivity (Wildman–Crippen MR) is 65.9 cm³/mol. The fourth-order valence-corrected chi connectivity index (χ4v) is 1.52. The highest BCUT2D eigenvalue weighted by molar-refractivity contribution is 5.74. The van der Waals surface area contributed by atoms with Crippen molar-refractivity contribution in [3.8, 4) is 5.75 Å². The van der Waals surface area contributed by atoms with Crippen molar-refractivity contribution in [3.63, 3.8) is 0 Å². The maximum Gasteiger partial charge on any atom is 0.347 e. The van der Waals surface area contributed by atoms with Crippen LogP contribution in [0.5, 0.6) is 5.75 Å². The Bertz CT molecular complexity index is 409. The summed E-state index contributed by atoms with van der Waals surface area (Å²) < 4.78 is 23.8. The highest BCUT2D eigenvalue weighted by Gasteiger charge is 2.19. The first-order chi connectivity index (χ1) is 8.60. The molecule has 1 aromatic rings. The van der Waals surface area contributed by atoms with E-state index in [2.05, 4.69) is 0 Å². The quantitative estimate of drug-likeness (QED) is 0.785. The smallest absolute Gasteiger partial charge is 0.347 e. The summed E-state index contributed by atoms with van der Waals surface area (Å²) in [7, 11) is 0. The van der Waals surface area contributed by atoms with Crippen molar-refractivity contribution in [2.45, 2.75) is 26.4 Å². The minimum atomic E-state index is -0.849. The van der Waals surface area contributed by atoms with E-state index in [1.165, 1.54) is 13.0 Å². The van der Waals surface area contributed by atoms with Crippen molar-refractivity contribution >= 4 is 5.97 Å². The average molecular weight is 255 g/mol. The Hall–Kier alpha value is -1.62. The predicted octanol–water partition coefficient (Wildman–Crippen LogP) is 1.66. The molecule has 0 amide bonds. The highest BCUT2D eigenvalue weighted by atomic mass is 19.1. The van der Waals surface area contributed by atoms with Crippen LogP contribution in [-0.4, -0.2) is 25.2 Å². The van der Waals surface area contributed by atoms with Crippen molar-refractivity contribution < 1.29 is 18.7 Å². The number of ether oxygens (including phenoxy) is 2. The van der Waals surface area contributed by atoms with E-state index in [0.29, 0.717) is 18.5 Å². The van der Waals surface area contributed by atoms with Gasteiger partial charge in [-0.1, -0.05) is 12.1 Å². The van der Waals surface area contributed by atoms with Crippen molar-refractivity contribution in [1.82, 2.24) is 0 Å². The molecule has 0 aliphatic rings. The summed E-state index contributed by atoms with van der Waals surface area (Å²) in [5.41, 5.74) is 6.10. The number of rotatable bonds is 6. The zero-order chi connectivity index (χ0) is 13.5. The van der Waals surface area contributed by atoms with Crippen LogP contribution >= 0.6 is 0 Å². The van der Waals surface area contributed by atoms with Gasteiger partial charge in [0.05, 0.1) is 6.61 Å². The Balaban J connectivity index is 2.85. The first-order valence-electron chi connectivity index (χ1n) is 5.90. The normalized spacial score (nSPS) is 12.0. The monoisotopic (exact) mass is 255 g/mol. The van der Waals surface area contributed by atoms with Gasteiger partial charge in [-0.05, 0) is 38.4 Å². The van der Waals surface area contributed by atoms with Gasteiger partial charge in [0.2, 0.25) is 0 Å². The fraction of sp³-hybridized carbons (Fsp3) is 0.462. The lowest BCUT2D eigenvalue weighted by Gasteiger charge is -2.16. The number of carbonyl (C=O) groups excluding carboxylic acids is 1. The molecule has 0 spiro atoms. The van der Waals surface area contributed by atoms with Crippen molar-refractivity contribution in [3.05, 3.63) is 29.6 Å². The largest absolute Gasteiger partial charge is 0.476 e. The van der Waals surface area contributed by atoms with Crippen LogP contribution in [0.2, 0.25) is 0 Å². The first-order valence-corrected chi connectivity index (χ1v) is 5.90. The molecular formula is C13H18FNO3. The van der Waals surface area contributed by atoms with Gasteiger partial charge in [-0.2, -0.15) is 0 Å². The van der Waals surface area contributed by atoms with E-state index in [4.69, 9.17) is 15.2 Å². The zero-order valence-corrected chi connectivity index (χ0v) is 10.6. The van der Waals surface area contributed by atoms with Gasteiger partial charge in [0.25, 0.3) is 0 Å². The summed E-state index contributed by atoms with van der Waals surface area (Å²) >= 11 is 0. The molecule has 1 unspecified atom stereocenters. The van der Waals surface area contributed by atoms with Crippen LogP contribution in [0.25, 0.3) is 0 Å². The summed E-state index contributed by atoms with van der Waals surface area (Å²) in [6, 6.07) is 4.60. The molecule has 0 saturated carbocycles. The number of nitrogens with two attached hydrogens (primary N) is 1. The topological polar surface area (TPSA) is 61.5 Å². The molecule has 0 aromatic heterocycles. The van der Waals surface area contributed by atoms with Gasteiger partial charge in [-0.25, -0.2) is 9.18 Å². The van der Waals surface area contributed by atoms with Crippen molar-refractivity contribution in [2.75, 3.05) is 13.2 Å². The standard InChI is InChI=1S/C13H18FNO3/c1-3-17-13(16)9(2)18-12-10(7-8-15)5-4-6-11(12)14/h4-6,9H,3,7-8,15H2,1-2H3. The molecule has 18 heavy (non-hydrogen) atoms. The van der Waals surface area contributed by atoms with Crippen molar-refractivity contribution in [1.29, 1.82) is 0 Å².